The minimum atomic E-state index is 0.00807. The molecule has 0 fully saturated rings. The molecule has 2 rings (SSSR count). The second kappa shape index (κ2) is 6.04. The van der Waals surface area contributed by atoms with Gasteiger partial charge in [-0.2, -0.15) is 4.98 Å². The van der Waals surface area contributed by atoms with Gasteiger partial charge in [0, 0.05) is 25.5 Å². The van der Waals surface area contributed by atoms with Crippen LogP contribution in [0.5, 0.6) is 0 Å². The summed E-state index contributed by atoms with van der Waals surface area (Å²) in [5.41, 5.74) is 0. The Morgan fingerprint density at radius 1 is 1.35 bits per heavy atom. The zero-order chi connectivity index (χ0) is 14.7. The van der Waals surface area contributed by atoms with Gasteiger partial charge in [-0.1, -0.05) is 0 Å². The van der Waals surface area contributed by atoms with Crippen LogP contribution in [0.1, 0.15) is 11.8 Å². The number of nitrogens with zero attached hydrogens (tertiary/aromatic N) is 3. The summed E-state index contributed by atoms with van der Waals surface area (Å²) in [4.78, 5) is 24.2. The van der Waals surface area contributed by atoms with Crippen LogP contribution in [0.3, 0.4) is 0 Å². The SMILES string of the molecule is CCNc1nc(NCC(=O)N(C)C)c2cc(C)sc2n1. The van der Waals surface area contributed by atoms with E-state index in [4.69, 9.17) is 0 Å². The third-order valence-electron chi connectivity index (χ3n) is 2.76. The molecule has 0 saturated heterocycles. The first-order valence-corrected chi connectivity index (χ1v) is 7.29. The van der Waals surface area contributed by atoms with Gasteiger partial charge in [0.05, 0.1) is 11.9 Å². The van der Waals surface area contributed by atoms with Crippen molar-refractivity contribution >= 4 is 39.2 Å². The minimum absolute atomic E-state index is 0.00807. The van der Waals surface area contributed by atoms with E-state index in [0.717, 1.165) is 16.8 Å². The van der Waals surface area contributed by atoms with Gasteiger partial charge in [-0.25, -0.2) is 4.98 Å². The van der Waals surface area contributed by atoms with E-state index in [0.29, 0.717) is 11.8 Å². The number of hydrogen-bond donors (Lipinski definition) is 2. The van der Waals surface area contributed by atoms with Crippen molar-refractivity contribution in [1.82, 2.24) is 14.9 Å². The number of thiophene rings is 1. The van der Waals surface area contributed by atoms with Crippen molar-refractivity contribution in [1.29, 1.82) is 0 Å². The highest BCUT2D eigenvalue weighted by atomic mass is 32.1. The average molecular weight is 293 g/mol. The highest BCUT2D eigenvalue weighted by molar-refractivity contribution is 7.18. The molecule has 0 unspecified atom stereocenters. The summed E-state index contributed by atoms with van der Waals surface area (Å²) in [6.45, 7) is 5.01. The van der Waals surface area contributed by atoms with Crippen LogP contribution in [0.2, 0.25) is 0 Å². The van der Waals surface area contributed by atoms with Gasteiger partial charge in [0.1, 0.15) is 10.6 Å². The van der Waals surface area contributed by atoms with Crippen LogP contribution in [0.25, 0.3) is 10.2 Å². The molecule has 0 aromatic carbocycles. The normalized spacial score (nSPS) is 10.6. The molecule has 0 saturated carbocycles. The first-order valence-electron chi connectivity index (χ1n) is 6.47. The quantitative estimate of drug-likeness (QED) is 0.881. The number of carbonyl (C=O) groups excluding carboxylic acids is 1. The molecular formula is C13H19N5OS. The fraction of sp³-hybridized carbons (Fsp3) is 0.462. The number of rotatable bonds is 5. The topological polar surface area (TPSA) is 70.2 Å². The van der Waals surface area contributed by atoms with Crippen LogP contribution in [0.4, 0.5) is 11.8 Å². The van der Waals surface area contributed by atoms with Crippen molar-refractivity contribution in [3.05, 3.63) is 10.9 Å². The number of anilines is 2. The van der Waals surface area contributed by atoms with E-state index in [2.05, 4.69) is 20.6 Å². The lowest BCUT2D eigenvalue weighted by molar-refractivity contribution is -0.126. The van der Waals surface area contributed by atoms with Gasteiger partial charge in [-0.05, 0) is 19.9 Å². The predicted octanol–water partition coefficient (Wildman–Crippen LogP) is 1.93. The summed E-state index contributed by atoms with van der Waals surface area (Å²) in [6, 6.07) is 2.04. The maximum atomic E-state index is 11.7. The molecule has 20 heavy (non-hydrogen) atoms. The third kappa shape index (κ3) is 3.16. The van der Waals surface area contributed by atoms with E-state index in [1.165, 1.54) is 4.88 Å². The van der Waals surface area contributed by atoms with Gasteiger partial charge in [0.2, 0.25) is 11.9 Å². The molecule has 1 amide bonds. The molecule has 0 atom stereocenters. The van der Waals surface area contributed by atoms with Crippen molar-refractivity contribution < 1.29 is 4.79 Å². The second-order valence-electron chi connectivity index (χ2n) is 4.64. The maximum Gasteiger partial charge on any atom is 0.241 e. The summed E-state index contributed by atoms with van der Waals surface area (Å²) in [5.74, 6) is 1.29. The molecule has 2 aromatic rings. The smallest absolute Gasteiger partial charge is 0.241 e. The molecule has 0 aliphatic carbocycles. The van der Waals surface area contributed by atoms with Gasteiger partial charge in [0.15, 0.2) is 0 Å². The zero-order valence-corrected chi connectivity index (χ0v) is 13.0. The Balaban J connectivity index is 2.31. The van der Waals surface area contributed by atoms with E-state index < -0.39 is 0 Å². The van der Waals surface area contributed by atoms with Crippen LogP contribution < -0.4 is 10.6 Å². The van der Waals surface area contributed by atoms with Gasteiger partial charge in [-0.3, -0.25) is 4.79 Å². The molecule has 0 aliphatic rings. The van der Waals surface area contributed by atoms with Gasteiger partial charge < -0.3 is 15.5 Å². The molecule has 2 N–H and O–H groups in total. The van der Waals surface area contributed by atoms with Gasteiger partial charge in [-0.15, -0.1) is 11.3 Å². The first kappa shape index (κ1) is 14.5. The number of aromatic nitrogens is 2. The number of likely N-dealkylation sites (N-methyl/N-ethyl adjacent to an activating group) is 1. The fourth-order valence-electron chi connectivity index (χ4n) is 1.73. The minimum Gasteiger partial charge on any atom is -0.360 e. The molecule has 7 heteroatoms. The molecule has 2 aromatic heterocycles. The largest absolute Gasteiger partial charge is 0.360 e. The second-order valence-corrected chi connectivity index (χ2v) is 5.88. The van der Waals surface area contributed by atoms with E-state index in [-0.39, 0.29) is 12.5 Å². The fourth-order valence-corrected chi connectivity index (χ4v) is 2.61. The first-order chi connectivity index (χ1) is 9.51. The maximum absolute atomic E-state index is 11.7. The molecule has 6 nitrogen and oxygen atoms in total. The summed E-state index contributed by atoms with van der Waals surface area (Å²) in [6.07, 6.45) is 0. The third-order valence-corrected chi connectivity index (χ3v) is 3.70. The van der Waals surface area contributed by atoms with Crippen LogP contribution in [-0.2, 0) is 4.79 Å². The summed E-state index contributed by atoms with van der Waals surface area (Å²) in [5, 5.41) is 7.17. The molecule has 2 heterocycles. The Bertz CT molecular complexity index is 622. The van der Waals surface area contributed by atoms with Crippen molar-refractivity contribution in [2.45, 2.75) is 13.8 Å². The monoisotopic (exact) mass is 293 g/mol. The zero-order valence-electron chi connectivity index (χ0n) is 12.1. The number of carbonyl (C=O) groups is 1. The Labute approximate surface area is 122 Å². The van der Waals surface area contributed by atoms with E-state index in [9.17, 15) is 4.79 Å². The molecule has 108 valence electrons. The summed E-state index contributed by atoms with van der Waals surface area (Å²) >= 11 is 1.62. The summed E-state index contributed by atoms with van der Waals surface area (Å²) < 4.78 is 0. The Morgan fingerprint density at radius 3 is 2.75 bits per heavy atom. The van der Waals surface area contributed by atoms with Crippen LogP contribution in [0.15, 0.2) is 6.07 Å². The average Bonchev–Trinajstić information content (AvgIpc) is 2.76. The standard InChI is InChI=1S/C13H19N5OS/c1-5-14-13-16-11(15-7-10(19)18(3)4)9-6-8(2)20-12(9)17-13/h6H,5,7H2,1-4H3,(H2,14,15,16,17). The molecule has 0 bridgehead atoms. The van der Waals surface area contributed by atoms with Crippen molar-refractivity contribution in [2.75, 3.05) is 37.8 Å². The van der Waals surface area contributed by atoms with Gasteiger partial charge in [0.25, 0.3) is 0 Å². The van der Waals surface area contributed by atoms with E-state index in [1.807, 2.05) is 19.9 Å². The van der Waals surface area contributed by atoms with Crippen molar-refractivity contribution in [3.63, 3.8) is 0 Å². The number of aryl methyl sites for hydroxylation is 1. The van der Waals surface area contributed by atoms with Crippen LogP contribution in [-0.4, -0.2) is 48.0 Å². The number of fused-ring (bicyclic) bond motifs is 1. The highest BCUT2D eigenvalue weighted by Gasteiger charge is 2.12. The number of nitrogens with one attached hydrogen (secondary N) is 2. The Hall–Kier alpha value is -1.89. The van der Waals surface area contributed by atoms with E-state index in [1.54, 1.807) is 30.3 Å². The lowest BCUT2D eigenvalue weighted by Gasteiger charge is -2.12. The van der Waals surface area contributed by atoms with Crippen LogP contribution >= 0.6 is 11.3 Å². The highest BCUT2D eigenvalue weighted by Crippen LogP contribution is 2.29. The Morgan fingerprint density at radius 2 is 2.10 bits per heavy atom. The van der Waals surface area contributed by atoms with Crippen molar-refractivity contribution in [2.24, 2.45) is 0 Å². The summed E-state index contributed by atoms with van der Waals surface area (Å²) in [7, 11) is 3.47. The van der Waals surface area contributed by atoms with Crippen molar-refractivity contribution in [3.8, 4) is 0 Å². The molecule has 0 spiro atoms. The lowest BCUT2D eigenvalue weighted by atomic mass is 10.3. The van der Waals surface area contributed by atoms with Gasteiger partial charge >= 0.3 is 0 Å². The van der Waals surface area contributed by atoms with Crippen LogP contribution in [0, 0.1) is 6.92 Å². The lowest BCUT2D eigenvalue weighted by Crippen LogP contribution is -2.28. The predicted molar refractivity (Wildman–Crippen MR) is 83.5 cm³/mol. The Kier molecular flexibility index (Phi) is 4.39. The number of hydrogen-bond acceptors (Lipinski definition) is 6. The van der Waals surface area contributed by atoms with E-state index >= 15 is 0 Å². The number of amides is 1. The molecular weight excluding hydrogens is 274 g/mol. The molecule has 0 aliphatic heterocycles. The molecule has 0 radical (unpaired) electrons.